The normalized spacial score (nSPS) is 12.2. The zero-order chi connectivity index (χ0) is 23.2. The van der Waals surface area contributed by atoms with Gasteiger partial charge in [0.1, 0.15) is 5.65 Å². The van der Waals surface area contributed by atoms with E-state index in [1.165, 1.54) is 5.56 Å². The first kappa shape index (κ1) is 22.7. The molecule has 1 atom stereocenters. The third kappa shape index (κ3) is 5.49. The van der Waals surface area contributed by atoms with Crippen LogP contribution in [-0.4, -0.2) is 49.6 Å². The maximum Gasteiger partial charge on any atom is 0.274 e. The summed E-state index contributed by atoms with van der Waals surface area (Å²) in [5.41, 5.74) is 4.52. The number of carbonyl (C=O) groups is 1. The van der Waals surface area contributed by atoms with Gasteiger partial charge in [-0.2, -0.15) is 5.10 Å². The number of hydrogen-bond acceptors (Lipinski definition) is 4. The van der Waals surface area contributed by atoms with Crippen molar-refractivity contribution < 1.29 is 4.79 Å². The highest BCUT2D eigenvalue weighted by Crippen LogP contribution is 2.18. The second kappa shape index (κ2) is 10.4. The number of amides is 1. The van der Waals surface area contributed by atoms with Crippen molar-refractivity contribution in [1.29, 1.82) is 0 Å². The number of carbonyl (C=O) groups excluding carboxylic acids is 1. The molecule has 0 unspecified atom stereocenters. The summed E-state index contributed by atoms with van der Waals surface area (Å²) in [6, 6.07) is 16.5. The van der Waals surface area contributed by atoms with Crippen molar-refractivity contribution >= 4 is 11.6 Å². The summed E-state index contributed by atoms with van der Waals surface area (Å²) in [6.45, 7) is 6.24. The van der Waals surface area contributed by atoms with E-state index < -0.39 is 0 Å². The number of likely N-dealkylation sites (N-methyl/N-ethyl adjacent to an activating group) is 1. The number of hydrogen-bond donors (Lipinski definition) is 1. The maximum absolute atomic E-state index is 13.4. The number of aromatic nitrogens is 4. The van der Waals surface area contributed by atoms with Gasteiger partial charge in [-0.25, -0.2) is 4.98 Å². The maximum atomic E-state index is 13.4. The number of aryl methyl sites for hydroxylation is 2. The van der Waals surface area contributed by atoms with Crippen molar-refractivity contribution in [2.24, 2.45) is 0 Å². The van der Waals surface area contributed by atoms with Crippen LogP contribution in [0.3, 0.4) is 0 Å². The van der Waals surface area contributed by atoms with Gasteiger partial charge in [0.15, 0.2) is 5.69 Å². The third-order valence-electron chi connectivity index (χ3n) is 6.04. The molecule has 7 nitrogen and oxygen atoms in total. The lowest BCUT2D eigenvalue weighted by Gasteiger charge is -2.18. The number of fused-ring (bicyclic) bond motifs is 1. The van der Waals surface area contributed by atoms with Crippen molar-refractivity contribution in [3.05, 3.63) is 89.6 Å². The molecule has 4 rings (SSSR count). The molecule has 0 aliphatic rings. The molecule has 1 amide bonds. The van der Waals surface area contributed by atoms with Crippen molar-refractivity contribution in [2.45, 2.75) is 45.8 Å². The number of nitrogens with zero attached hydrogens (tertiary/aromatic N) is 5. The Morgan fingerprint density at radius 3 is 2.70 bits per heavy atom. The van der Waals surface area contributed by atoms with Gasteiger partial charge in [-0.1, -0.05) is 36.4 Å². The lowest BCUT2D eigenvalue weighted by atomic mass is 10.1. The second-order valence-electron chi connectivity index (χ2n) is 8.59. The Bertz CT molecular complexity index is 1180. The number of pyridine rings is 1. The van der Waals surface area contributed by atoms with E-state index in [4.69, 9.17) is 4.98 Å². The first-order valence-electron chi connectivity index (χ1n) is 11.5. The van der Waals surface area contributed by atoms with Crippen molar-refractivity contribution in [3.8, 4) is 0 Å². The number of imidazole rings is 1. The zero-order valence-corrected chi connectivity index (χ0v) is 19.6. The molecule has 1 N–H and O–H groups in total. The summed E-state index contributed by atoms with van der Waals surface area (Å²) >= 11 is 0. The Kier molecular flexibility index (Phi) is 7.19. The van der Waals surface area contributed by atoms with Crippen LogP contribution in [0, 0.1) is 6.92 Å². The Hall–Kier alpha value is -3.45. The van der Waals surface area contributed by atoms with Crippen LogP contribution in [0.25, 0.3) is 5.65 Å². The summed E-state index contributed by atoms with van der Waals surface area (Å²) in [5.74, 6) is -0.0463. The Labute approximate surface area is 195 Å². The zero-order valence-electron chi connectivity index (χ0n) is 19.6. The van der Waals surface area contributed by atoms with Gasteiger partial charge in [-0.15, -0.1) is 0 Å². The summed E-state index contributed by atoms with van der Waals surface area (Å²) in [5, 5.41) is 7.85. The number of rotatable bonds is 10. The van der Waals surface area contributed by atoms with Crippen LogP contribution >= 0.6 is 0 Å². The first-order valence-corrected chi connectivity index (χ1v) is 11.5. The molecule has 172 valence electrons. The Morgan fingerprint density at radius 1 is 1.12 bits per heavy atom. The average molecular weight is 445 g/mol. The van der Waals surface area contributed by atoms with E-state index in [9.17, 15) is 4.79 Å². The summed E-state index contributed by atoms with van der Waals surface area (Å²) < 4.78 is 3.98. The molecule has 0 aliphatic heterocycles. The molecule has 33 heavy (non-hydrogen) atoms. The molecule has 0 aliphatic carbocycles. The van der Waals surface area contributed by atoms with Crippen molar-refractivity contribution in [3.63, 3.8) is 0 Å². The predicted molar refractivity (Wildman–Crippen MR) is 130 cm³/mol. The first-order chi connectivity index (χ1) is 16.0. The van der Waals surface area contributed by atoms with Crippen molar-refractivity contribution in [2.75, 3.05) is 13.6 Å². The van der Waals surface area contributed by atoms with Gasteiger partial charge in [-0.3, -0.25) is 9.48 Å². The molecular weight excluding hydrogens is 412 g/mol. The van der Waals surface area contributed by atoms with Gasteiger partial charge in [0.2, 0.25) is 0 Å². The number of nitrogens with one attached hydrogen (secondary N) is 1. The molecule has 0 saturated heterocycles. The largest absolute Gasteiger partial charge is 0.340 e. The molecule has 0 radical (unpaired) electrons. The van der Waals surface area contributed by atoms with Gasteiger partial charge in [0.25, 0.3) is 5.91 Å². The molecule has 0 fully saturated rings. The predicted octanol–water partition coefficient (Wildman–Crippen LogP) is 3.72. The third-order valence-corrected chi connectivity index (χ3v) is 6.04. The molecule has 4 aromatic rings. The van der Waals surface area contributed by atoms with Crippen LogP contribution in [0.5, 0.6) is 0 Å². The van der Waals surface area contributed by atoms with Crippen LogP contribution in [0.4, 0.5) is 0 Å². The fraction of sp³-hybridized carbons (Fsp3) is 0.346. The highest BCUT2D eigenvalue weighted by atomic mass is 16.2. The van der Waals surface area contributed by atoms with Gasteiger partial charge in [0, 0.05) is 51.3 Å². The minimum atomic E-state index is -0.0463. The van der Waals surface area contributed by atoms with Crippen molar-refractivity contribution in [1.82, 2.24) is 29.4 Å². The molecule has 3 aromatic heterocycles. The van der Waals surface area contributed by atoms with Gasteiger partial charge >= 0.3 is 0 Å². The fourth-order valence-corrected chi connectivity index (χ4v) is 3.95. The minimum absolute atomic E-state index is 0.0463. The van der Waals surface area contributed by atoms with Gasteiger partial charge in [0.05, 0.1) is 5.69 Å². The smallest absolute Gasteiger partial charge is 0.274 e. The molecule has 0 saturated carbocycles. The highest BCUT2D eigenvalue weighted by Gasteiger charge is 2.23. The van der Waals surface area contributed by atoms with Crippen LogP contribution < -0.4 is 5.32 Å². The molecule has 0 spiro atoms. The topological polar surface area (TPSA) is 67.5 Å². The van der Waals surface area contributed by atoms with Crippen LogP contribution in [0.2, 0.25) is 0 Å². The average Bonchev–Trinajstić information content (AvgIpc) is 3.48. The highest BCUT2D eigenvalue weighted by molar-refractivity contribution is 5.94. The van der Waals surface area contributed by atoms with Crippen LogP contribution in [0.1, 0.15) is 40.7 Å². The lowest BCUT2D eigenvalue weighted by molar-refractivity contribution is 0.0790. The van der Waals surface area contributed by atoms with E-state index in [-0.39, 0.29) is 11.9 Å². The summed E-state index contributed by atoms with van der Waals surface area (Å²) in [6.07, 6.45) is 7.51. The standard InChI is InChI=1S/C26H32N6O/c1-20-9-7-16-32-23(19-27-21(2)12-18-31-15-8-14-28-31)24(29-25(20)32)26(33)30(3)17-13-22-10-5-4-6-11-22/h4-11,14-16,21,27H,12-13,17-19H2,1-3H3/t21-/m0/s1. The summed E-state index contributed by atoms with van der Waals surface area (Å²) in [4.78, 5) is 19.9. The van der Waals surface area contributed by atoms with E-state index >= 15 is 0 Å². The fourth-order valence-electron chi connectivity index (χ4n) is 3.95. The monoisotopic (exact) mass is 444 g/mol. The van der Waals surface area contributed by atoms with Gasteiger partial charge in [-0.05, 0) is 49.9 Å². The Morgan fingerprint density at radius 2 is 1.94 bits per heavy atom. The second-order valence-corrected chi connectivity index (χ2v) is 8.59. The van der Waals surface area contributed by atoms with E-state index in [0.29, 0.717) is 18.8 Å². The SMILES string of the molecule is Cc1cccn2c(CN[C@@H](C)CCn3cccn3)c(C(=O)N(C)CCc3ccccc3)nc12. The van der Waals surface area contributed by atoms with Crippen LogP contribution in [-0.2, 0) is 19.5 Å². The molecule has 7 heteroatoms. The van der Waals surface area contributed by atoms with E-state index in [2.05, 4.69) is 29.5 Å². The van der Waals surface area contributed by atoms with Crippen LogP contribution in [0.15, 0.2) is 67.1 Å². The molecular formula is C26H32N6O. The molecule has 1 aromatic carbocycles. The lowest BCUT2D eigenvalue weighted by Crippen LogP contribution is -2.32. The van der Waals surface area contributed by atoms with E-state index in [1.807, 2.05) is 71.8 Å². The summed E-state index contributed by atoms with van der Waals surface area (Å²) in [7, 11) is 1.85. The van der Waals surface area contributed by atoms with E-state index in [1.54, 1.807) is 11.1 Å². The van der Waals surface area contributed by atoms with E-state index in [0.717, 1.165) is 36.3 Å². The van der Waals surface area contributed by atoms with Gasteiger partial charge < -0.3 is 14.6 Å². The molecule has 3 heterocycles. The molecule has 0 bridgehead atoms. The number of benzene rings is 1. The Balaban J connectivity index is 1.48. The minimum Gasteiger partial charge on any atom is -0.340 e. The quantitative estimate of drug-likeness (QED) is 0.405.